The summed E-state index contributed by atoms with van der Waals surface area (Å²) in [6, 6.07) is 10.2. The topological polar surface area (TPSA) is 55.8 Å². The smallest absolute Gasteiger partial charge is 0.417 e. The van der Waals surface area contributed by atoms with Gasteiger partial charge in [-0.25, -0.2) is 9.59 Å². The number of nitrogens with zero attached hydrogens (tertiary/aromatic N) is 1. The van der Waals surface area contributed by atoms with Gasteiger partial charge in [0.15, 0.2) is 0 Å². The average molecular weight is 353 g/mol. The second-order valence-corrected chi connectivity index (χ2v) is 5.66. The highest BCUT2D eigenvalue weighted by atomic mass is 16.6. The summed E-state index contributed by atoms with van der Waals surface area (Å²) in [5.74, 6) is 5.29. The van der Waals surface area contributed by atoms with Crippen molar-refractivity contribution in [2.45, 2.75) is 26.2 Å². The van der Waals surface area contributed by atoms with Gasteiger partial charge in [0.05, 0.1) is 25.2 Å². The normalized spacial score (nSPS) is 15.5. The number of unbranched alkanes of at least 4 members (excludes halogenated alkanes) is 1. The first-order valence-electron chi connectivity index (χ1n) is 8.61. The predicted octanol–water partition coefficient (Wildman–Crippen LogP) is 3.67. The van der Waals surface area contributed by atoms with Crippen molar-refractivity contribution < 1.29 is 19.1 Å². The van der Waals surface area contributed by atoms with Crippen LogP contribution in [-0.4, -0.2) is 30.7 Å². The average Bonchev–Trinajstić information content (AvgIpc) is 2.68. The third kappa shape index (κ3) is 5.52. The van der Waals surface area contributed by atoms with Crippen molar-refractivity contribution in [2.24, 2.45) is 5.92 Å². The van der Waals surface area contributed by atoms with E-state index in [2.05, 4.69) is 24.0 Å². The van der Waals surface area contributed by atoms with Crippen molar-refractivity contribution in [1.29, 1.82) is 0 Å². The summed E-state index contributed by atoms with van der Waals surface area (Å²) in [5.41, 5.74) is 1.60. The molecule has 1 heterocycles. The molecule has 1 aliphatic rings. The summed E-state index contributed by atoms with van der Waals surface area (Å²) in [6.07, 6.45) is 6.79. The van der Waals surface area contributed by atoms with E-state index < -0.39 is 18.0 Å². The zero-order valence-corrected chi connectivity index (χ0v) is 15.1. The number of ether oxygens (including phenoxy) is 2. The highest BCUT2D eigenvalue weighted by Gasteiger charge is 2.25. The van der Waals surface area contributed by atoms with Crippen LogP contribution in [0.15, 0.2) is 54.4 Å². The molecular formula is C21H23NO4. The molecule has 1 unspecified atom stereocenters. The van der Waals surface area contributed by atoms with Crippen LogP contribution in [0.5, 0.6) is 0 Å². The van der Waals surface area contributed by atoms with Gasteiger partial charge < -0.3 is 9.47 Å². The van der Waals surface area contributed by atoms with Gasteiger partial charge in [0, 0.05) is 18.8 Å². The molecule has 26 heavy (non-hydrogen) atoms. The molecule has 1 amide bonds. The Hall–Kier alpha value is -3.00. The molecule has 1 aromatic carbocycles. The SMILES string of the molecule is CCOC(=O)N1C=CC(C#CCCCc2ccccc2)C(C(=O)OC)=C1. The van der Waals surface area contributed by atoms with E-state index in [1.54, 1.807) is 19.2 Å². The molecule has 0 radical (unpaired) electrons. The van der Waals surface area contributed by atoms with Gasteiger partial charge in [-0.2, -0.15) is 0 Å². The van der Waals surface area contributed by atoms with Gasteiger partial charge in [-0.1, -0.05) is 36.3 Å². The molecular weight excluding hydrogens is 330 g/mol. The summed E-state index contributed by atoms with van der Waals surface area (Å²) in [4.78, 5) is 25.0. The van der Waals surface area contributed by atoms with Gasteiger partial charge in [-0.3, -0.25) is 4.90 Å². The molecule has 0 saturated heterocycles. The molecule has 0 N–H and O–H groups in total. The molecule has 0 aromatic heterocycles. The molecule has 1 aliphatic heterocycles. The van der Waals surface area contributed by atoms with Gasteiger partial charge in [0.1, 0.15) is 0 Å². The fourth-order valence-electron chi connectivity index (χ4n) is 2.50. The number of hydrogen-bond acceptors (Lipinski definition) is 4. The Labute approximate surface area is 154 Å². The van der Waals surface area contributed by atoms with Crippen molar-refractivity contribution in [3.8, 4) is 11.8 Å². The van der Waals surface area contributed by atoms with Gasteiger partial charge in [0.2, 0.25) is 0 Å². The number of esters is 1. The molecule has 2 rings (SSSR count). The zero-order chi connectivity index (χ0) is 18.8. The van der Waals surface area contributed by atoms with E-state index in [1.165, 1.54) is 23.8 Å². The fraction of sp³-hybridized carbons (Fsp3) is 0.333. The van der Waals surface area contributed by atoms with Crippen molar-refractivity contribution >= 4 is 12.1 Å². The predicted molar refractivity (Wildman–Crippen MR) is 98.7 cm³/mol. The number of carbonyl (C=O) groups is 2. The third-order valence-electron chi connectivity index (χ3n) is 3.82. The van der Waals surface area contributed by atoms with Crippen molar-refractivity contribution in [2.75, 3.05) is 13.7 Å². The second-order valence-electron chi connectivity index (χ2n) is 5.66. The summed E-state index contributed by atoms with van der Waals surface area (Å²) >= 11 is 0. The number of hydrogen-bond donors (Lipinski definition) is 0. The van der Waals surface area contributed by atoms with Gasteiger partial charge >= 0.3 is 12.1 Å². The molecule has 0 aliphatic carbocycles. The van der Waals surface area contributed by atoms with E-state index >= 15 is 0 Å². The molecule has 5 heteroatoms. The molecule has 0 fully saturated rings. The lowest BCUT2D eigenvalue weighted by molar-refractivity contribution is -0.136. The molecule has 0 saturated carbocycles. The highest BCUT2D eigenvalue weighted by Crippen LogP contribution is 2.21. The van der Waals surface area contributed by atoms with E-state index in [1.807, 2.05) is 18.2 Å². The minimum Gasteiger partial charge on any atom is -0.466 e. The van der Waals surface area contributed by atoms with Crippen LogP contribution in [-0.2, 0) is 20.7 Å². The minimum atomic E-state index is -0.542. The molecule has 0 spiro atoms. The quantitative estimate of drug-likeness (QED) is 0.460. The molecule has 1 atom stereocenters. The highest BCUT2D eigenvalue weighted by molar-refractivity contribution is 5.91. The van der Waals surface area contributed by atoms with Crippen molar-refractivity contribution in [3.63, 3.8) is 0 Å². The van der Waals surface area contributed by atoms with Crippen LogP contribution >= 0.6 is 0 Å². The molecule has 1 aromatic rings. The lowest BCUT2D eigenvalue weighted by Gasteiger charge is -2.21. The molecule has 136 valence electrons. The Morgan fingerprint density at radius 1 is 1.23 bits per heavy atom. The Morgan fingerprint density at radius 2 is 2.00 bits per heavy atom. The second kappa shape index (κ2) is 10.1. The number of allylic oxidation sites excluding steroid dienone is 1. The third-order valence-corrected chi connectivity index (χ3v) is 3.82. The lowest BCUT2D eigenvalue weighted by Crippen LogP contribution is -2.27. The number of aryl methyl sites for hydroxylation is 1. The van der Waals surface area contributed by atoms with Gasteiger partial charge in [-0.05, 0) is 31.4 Å². The number of benzene rings is 1. The fourth-order valence-corrected chi connectivity index (χ4v) is 2.50. The van der Waals surface area contributed by atoms with Gasteiger partial charge in [-0.15, -0.1) is 5.92 Å². The van der Waals surface area contributed by atoms with E-state index in [-0.39, 0.29) is 6.61 Å². The number of carbonyl (C=O) groups excluding carboxylic acids is 2. The Bertz CT molecular complexity index is 740. The van der Waals surface area contributed by atoms with E-state index in [9.17, 15) is 9.59 Å². The van der Waals surface area contributed by atoms with E-state index in [0.717, 1.165) is 19.3 Å². The summed E-state index contributed by atoms with van der Waals surface area (Å²) < 4.78 is 9.74. The van der Waals surface area contributed by atoms with Crippen LogP contribution in [0, 0.1) is 17.8 Å². The first-order valence-corrected chi connectivity index (χ1v) is 8.61. The van der Waals surface area contributed by atoms with Crippen LogP contribution in [0.3, 0.4) is 0 Å². The lowest BCUT2D eigenvalue weighted by atomic mass is 9.97. The van der Waals surface area contributed by atoms with Crippen LogP contribution in [0.25, 0.3) is 0 Å². The Kier molecular flexibility index (Phi) is 7.50. The maximum atomic E-state index is 12.0. The van der Waals surface area contributed by atoms with Gasteiger partial charge in [0.25, 0.3) is 0 Å². The summed E-state index contributed by atoms with van der Waals surface area (Å²) in [5, 5.41) is 0. The van der Waals surface area contributed by atoms with Crippen LogP contribution in [0.4, 0.5) is 4.79 Å². The maximum Gasteiger partial charge on any atom is 0.417 e. The summed E-state index contributed by atoms with van der Waals surface area (Å²) in [7, 11) is 1.31. The van der Waals surface area contributed by atoms with Crippen molar-refractivity contribution in [3.05, 3.63) is 59.9 Å². The molecule has 5 nitrogen and oxygen atoms in total. The molecule has 0 bridgehead atoms. The van der Waals surface area contributed by atoms with Crippen molar-refractivity contribution in [1.82, 2.24) is 4.90 Å². The summed E-state index contributed by atoms with van der Waals surface area (Å²) in [6.45, 7) is 1.98. The van der Waals surface area contributed by atoms with Crippen LogP contribution < -0.4 is 0 Å². The number of methoxy groups -OCH3 is 1. The number of amides is 1. The zero-order valence-electron chi connectivity index (χ0n) is 15.1. The number of rotatable bonds is 5. The first kappa shape index (κ1) is 19.3. The Morgan fingerprint density at radius 3 is 2.69 bits per heavy atom. The van der Waals surface area contributed by atoms with Crippen LogP contribution in [0.1, 0.15) is 25.3 Å². The van der Waals surface area contributed by atoms with E-state index in [4.69, 9.17) is 9.47 Å². The monoisotopic (exact) mass is 353 g/mol. The maximum absolute atomic E-state index is 12.0. The minimum absolute atomic E-state index is 0.259. The Balaban J connectivity index is 1.97. The van der Waals surface area contributed by atoms with Crippen LogP contribution in [0.2, 0.25) is 0 Å². The largest absolute Gasteiger partial charge is 0.466 e. The first-order chi connectivity index (χ1) is 12.7. The van der Waals surface area contributed by atoms with E-state index in [0.29, 0.717) is 5.57 Å². The standard InChI is InChI=1S/C21H23NO4/c1-3-26-21(24)22-15-14-18(19(16-22)20(23)25-2)13-9-5-8-12-17-10-6-4-7-11-17/h4,6-7,10-11,14-16,18H,3,5,8,12H2,1-2H3.